The zero-order chi connectivity index (χ0) is 24.3. The smallest absolute Gasteiger partial charge is 0.266 e. The van der Waals surface area contributed by atoms with Crippen molar-refractivity contribution in [3.05, 3.63) is 66.9 Å². The third-order valence-electron chi connectivity index (χ3n) is 5.06. The van der Waals surface area contributed by atoms with Gasteiger partial charge in [0.05, 0.1) is 12.8 Å². The van der Waals surface area contributed by atoms with Gasteiger partial charge in [0.15, 0.2) is 0 Å². The van der Waals surface area contributed by atoms with Crippen LogP contribution in [0.3, 0.4) is 0 Å². The number of H-pyrrole nitrogens is 1. The summed E-state index contributed by atoms with van der Waals surface area (Å²) >= 11 is 0. The number of allylic oxidation sites excluding steroid dienone is 1. The molecule has 1 aromatic carbocycles. The molecule has 0 bridgehead atoms. The molecule has 0 unspecified atom stereocenters. The van der Waals surface area contributed by atoms with Gasteiger partial charge in [0.2, 0.25) is 0 Å². The molecule has 3 heterocycles. The number of amides is 1. The van der Waals surface area contributed by atoms with E-state index < -0.39 is 5.91 Å². The Bertz CT molecular complexity index is 1430. The summed E-state index contributed by atoms with van der Waals surface area (Å²) in [5.74, 6) is 0.0955. The summed E-state index contributed by atoms with van der Waals surface area (Å²) < 4.78 is 5.46. The first kappa shape index (κ1) is 22.7. The normalized spacial score (nSPS) is 11.8. The molecule has 0 saturated carbocycles. The van der Waals surface area contributed by atoms with E-state index in [0.717, 1.165) is 33.4 Å². The number of benzene rings is 1. The lowest BCUT2D eigenvalue weighted by atomic mass is 9.93. The summed E-state index contributed by atoms with van der Waals surface area (Å²) in [6, 6.07) is 11.2. The van der Waals surface area contributed by atoms with E-state index in [2.05, 4.69) is 25.3 Å². The Morgan fingerprint density at radius 2 is 2.00 bits per heavy atom. The predicted octanol–water partition coefficient (Wildman–Crippen LogP) is 5.13. The topological polar surface area (TPSA) is 117 Å². The number of methoxy groups -OCH3 is 1. The summed E-state index contributed by atoms with van der Waals surface area (Å²) in [4.78, 5) is 28.8. The zero-order valence-electron chi connectivity index (χ0n) is 19.4. The first-order chi connectivity index (χ1) is 16.3. The molecule has 0 aliphatic rings. The molecule has 170 valence electrons. The van der Waals surface area contributed by atoms with E-state index >= 15 is 0 Å². The van der Waals surface area contributed by atoms with Gasteiger partial charge in [-0.25, -0.2) is 15.0 Å². The second-order valence-electron chi connectivity index (χ2n) is 8.86. The number of nitriles is 1. The van der Waals surface area contributed by atoms with Crippen molar-refractivity contribution in [2.24, 2.45) is 5.41 Å². The number of carbonyl (C=O) groups excluding carboxylic acids is 1. The second-order valence-corrected chi connectivity index (χ2v) is 8.86. The molecule has 0 fully saturated rings. The summed E-state index contributed by atoms with van der Waals surface area (Å²) in [5, 5.41) is 13.2. The van der Waals surface area contributed by atoms with E-state index in [4.69, 9.17) is 4.74 Å². The number of hydrogen-bond acceptors (Lipinski definition) is 6. The Hall–Kier alpha value is -4.51. The third-order valence-corrected chi connectivity index (χ3v) is 5.06. The van der Waals surface area contributed by atoms with Crippen molar-refractivity contribution in [2.45, 2.75) is 20.8 Å². The maximum Gasteiger partial charge on any atom is 0.266 e. The van der Waals surface area contributed by atoms with Crippen LogP contribution in [0.1, 0.15) is 20.8 Å². The van der Waals surface area contributed by atoms with Crippen LogP contribution in [0.5, 0.6) is 5.75 Å². The number of fused-ring (bicyclic) bond motifs is 1. The Morgan fingerprint density at radius 3 is 2.68 bits per heavy atom. The fourth-order valence-corrected chi connectivity index (χ4v) is 3.56. The van der Waals surface area contributed by atoms with E-state index in [-0.39, 0.29) is 11.0 Å². The maximum absolute atomic E-state index is 12.7. The second kappa shape index (κ2) is 9.16. The first-order valence-electron chi connectivity index (χ1n) is 10.6. The van der Waals surface area contributed by atoms with Crippen LogP contribution in [-0.2, 0) is 4.79 Å². The van der Waals surface area contributed by atoms with Gasteiger partial charge in [-0.1, -0.05) is 26.8 Å². The molecule has 4 aromatic rings. The van der Waals surface area contributed by atoms with Gasteiger partial charge in [-0.2, -0.15) is 5.26 Å². The van der Waals surface area contributed by atoms with Gasteiger partial charge in [0.1, 0.15) is 29.4 Å². The number of ether oxygens (including phenoxy) is 1. The molecule has 0 aliphatic heterocycles. The number of nitrogens with one attached hydrogen (secondary N) is 2. The molecule has 4 rings (SSSR count). The lowest BCUT2D eigenvalue weighted by Gasteiger charge is -2.14. The molecule has 0 atom stereocenters. The molecule has 8 heteroatoms. The van der Waals surface area contributed by atoms with Crippen molar-refractivity contribution in [3.8, 4) is 34.2 Å². The molecule has 3 aromatic heterocycles. The molecule has 0 saturated heterocycles. The molecule has 0 aliphatic carbocycles. The largest absolute Gasteiger partial charge is 0.497 e. The van der Waals surface area contributed by atoms with Gasteiger partial charge in [0.25, 0.3) is 5.91 Å². The minimum absolute atomic E-state index is 0.0572. The van der Waals surface area contributed by atoms with Crippen LogP contribution >= 0.6 is 0 Å². The van der Waals surface area contributed by atoms with E-state index in [1.165, 1.54) is 6.33 Å². The Labute approximate surface area is 197 Å². The van der Waals surface area contributed by atoms with Crippen molar-refractivity contribution >= 4 is 22.6 Å². The van der Waals surface area contributed by atoms with Crippen molar-refractivity contribution in [3.63, 3.8) is 0 Å². The van der Waals surface area contributed by atoms with E-state index in [1.54, 1.807) is 31.6 Å². The van der Waals surface area contributed by atoms with Crippen LogP contribution < -0.4 is 10.1 Å². The number of hydrogen-bond donors (Lipinski definition) is 2. The molecule has 0 spiro atoms. The van der Waals surface area contributed by atoms with Crippen LogP contribution in [0, 0.1) is 16.7 Å². The fourth-order valence-electron chi connectivity index (χ4n) is 3.56. The highest BCUT2D eigenvalue weighted by Gasteiger charge is 2.16. The van der Waals surface area contributed by atoms with E-state index in [0.29, 0.717) is 11.4 Å². The standard InChI is InChI=1S/C26H24N6O2/c1-26(2,3)11-18(12-27)25(33)32-19-7-16(8-20(10-19)34-4)17-9-21-22(14-30-24(21)29-13-17)23-5-6-28-15-31-23/h5-11,13-15H,1-4H3,(H,29,30)(H,32,33)/b18-11-. The minimum atomic E-state index is -0.470. The Morgan fingerprint density at radius 1 is 1.18 bits per heavy atom. The third kappa shape index (κ3) is 4.94. The molecule has 34 heavy (non-hydrogen) atoms. The van der Waals surface area contributed by atoms with Gasteiger partial charge in [0, 0.05) is 46.9 Å². The summed E-state index contributed by atoms with van der Waals surface area (Å²) in [7, 11) is 1.56. The molecule has 2 N–H and O–H groups in total. The van der Waals surface area contributed by atoms with Crippen molar-refractivity contribution < 1.29 is 9.53 Å². The lowest BCUT2D eigenvalue weighted by Crippen LogP contribution is -2.16. The number of carbonyl (C=O) groups is 1. The minimum Gasteiger partial charge on any atom is -0.497 e. The number of pyridine rings is 1. The highest BCUT2D eigenvalue weighted by Crippen LogP contribution is 2.33. The summed E-state index contributed by atoms with van der Waals surface area (Å²) in [6.45, 7) is 5.80. The first-order valence-corrected chi connectivity index (χ1v) is 10.6. The highest BCUT2D eigenvalue weighted by molar-refractivity contribution is 6.07. The van der Waals surface area contributed by atoms with Crippen LogP contribution in [0.4, 0.5) is 5.69 Å². The van der Waals surface area contributed by atoms with Crippen molar-refractivity contribution in [1.29, 1.82) is 5.26 Å². The SMILES string of the molecule is COc1cc(NC(=O)/C(C#N)=C\C(C)(C)C)cc(-c2cnc3[nH]cc(-c4ccncn4)c3c2)c1. The van der Waals surface area contributed by atoms with Crippen molar-refractivity contribution in [2.75, 3.05) is 12.4 Å². The van der Waals surface area contributed by atoms with Crippen LogP contribution in [-0.4, -0.2) is 33.0 Å². The molecule has 0 radical (unpaired) electrons. The lowest BCUT2D eigenvalue weighted by molar-refractivity contribution is -0.112. The quantitative estimate of drug-likeness (QED) is 0.320. The van der Waals surface area contributed by atoms with Crippen LogP contribution in [0.15, 0.2) is 66.9 Å². The Balaban J connectivity index is 1.73. The maximum atomic E-state index is 12.7. The monoisotopic (exact) mass is 452 g/mol. The number of aromatic nitrogens is 4. The average Bonchev–Trinajstić information content (AvgIpc) is 3.25. The molecule has 1 amide bonds. The van der Waals surface area contributed by atoms with Gasteiger partial charge in [-0.15, -0.1) is 0 Å². The highest BCUT2D eigenvalue weighted by atomic mass is 16.5. The van der Waals surface area contributed by atoms with Gasteiger partial charge in [-0.05, 0) is 35.2 Å². The van der Waals surface area contributed by atoms with E-state index in [9.17, 15) is 10.1 Å². The zero-order valence-corrected chi connectivity index (χ0v) is 19.4. The Kier molecular flexibility index (Phi) is 6.11. The van der Waals surface area contributed by atoms with Crippen molar-refractivity contribution in [1.82, 2.24) is 19.9 Å². The average molecular weight is 453 g/mol. The number of aromatic amines is 1. The molecule has 8 nitrogen and oxygen atoms in total. The number of nitrogens with zero attached hydrogens (tertiary/aromatic N) is 4. The predicted molar refractivity (Wildman–Crippen MR) is 131 cm³/mol. The summed E-state index contributed by atoms with van der Waals surface area (Å²) in [6.07, 6.45) is 8.47. The van der Waals surface area contributed by atoms with Crippen LogP contribution in [0.25, 0.3) is 33.4 Å². The van der Waals surface area contributed by atoms with Gasteiger partial charge < -0.3 is 15.0 Å². The summed E-state index contributed by atoms with van der Waals surface area (Å²) in [5.41, 5.74) is 4.34. The van der Waals surface area contributed by atoms with Gasteiger partial charge >= 0.3 is 0 Å². The van der Waals surface area contributed by atoms with Crippen LogP contribution in [0.2, 0.25) is 0 Å². The number of rotatable bonds is 5. The van der Waals surface area contributed by atoms with E-state index in [1.807, 2.05) is 57.3 Å². The molecular weight excluding hydrogens is 428 g/mol. The molecular formula is C26H24N6O2. The number of anilines is 1. The van der Waals surface area contributed by atoms with Gasteiger partial charge in [-0.3, -0.25) is 4.79 Å². The fraction of sp³-hybridized carbons (Fsp3) is 0.192.